The molecule has 0 aliphatic carbocycles. The van der Waals surface area contributed by atoms with Gasteiger partial charge in [0, 0.05) is 17.9 Å². The molecule has 6 heteroatoms. The molecule has 0 saturated carbocycles. The summed E-state index contributed by atoms with van der Waals surface area (Å²) in [4.78, 5) is 22.7. The van der Waals surface area contributed by atoms with Gasteiger partial charge in [0.25, 0.3) is 0 Å². The second-order valence-electron chi connectivity index (χ2n) is 9.89. The van der Waals surface area contributed by atoms with E-state index in [4.69, 9.17) is 9.47 Å². The normalized spacial score (nSPS) is 12.0. The zero-order valence-corrected chi connectivity index (χ0v) is 24.7. The number of hydrogen-bond acceptors (Lipinski definition) is 6. The van der Waals surface area contributed by atoms with Crippen LogP contribution in [0.2, 0.25) is 0 Å². The fourth-order valence-electron chi connectivity index (χ4n) is 2.89. The molecule has 0 spiro atoms. The van der Waals surface area contributed by atoms with Crippen LogP contribution in [-0.2, 0) is 14.3 Å². The van der Waals surface area contributed by atoms with Crippen LogP contribution in [0.15, 0.2) is 67.0 Å². The first-order chi connectivity index (χ1) is 17.1. The van der Waals surface area contributed by atoms with Crippen LogP contribution in [0.5, 0.6) is 5.75 Å². The van der Waals surface area contributed by atoms with E-state index < -0.39 is 0 Å². The Kier molecular flexibility index (Phi) is 19.1. The van der Waals surface area contributed by atoms with E-state index >= 15 is 0 Å². The van der Waals surface area contributed by atoms with Crippen LogP contribution in [-0.4, -0.2) is 42.4 Å². The van der Waals surface area contributed by atoms with Crippen molar-refractivity contribution in [2.24, 2.45) is 10.8 Å². The van der Waals surface area contributed by atoms with Gasteiger partial charge in [-0.3, -0.25) is 4.79 Å². The van der Waals surface area contributed by atoms with E-state index in [1.807, 2.05) is 66.9 Å². The fraction of sp³-hybridized carbons (Fsp3) is 0.533. The highest BCUT2D eigenvalue weighted by Gasteiger charge is 2.23. The number of hydrogen-bond donors (Lipinski definition) is 0. The molecule has 36 heavy (non-hydrogen) atoms. The van der Waals surface area contributed by atoms with Crippen molar-refractivity contribution in [3.05, 3.63) is 67.0 Å². The van der Waals surface area contributed by atoms with E-state index in [1.165, 1.54) is 0 Å². The first-order valence-corrected chi connectivity index (χ1v) is 14.7. The van der Waals surface area contributed by atoms with Crippen LogP contribution in [0.1, 0.15) is 60.3 Å². The molecule has 1 aromatic rings. The Morgan fingerprint density at radius 2 is 1.56 bits per heavy atom. The largest absolute Gasteiger partial charge is 0.497 e. The van der Waals surface area contributed by atoms with E-state index in [2.05, 4.69) is 34.3 Å². The number of benzene rings is 1. The zero-order valence-electron chi connectivity index (χ0n) is 23.1. The van der Waals surface area contributed by atoms with Gasteiger partial charge in [0.05, 0.1) is 13.5 Å². The maximum Gasteiger partial charge on any atom is 0.311 e. The predicted octanol–water partition coefficient (Wildman–Crippen LogP) is 8.15. The minimum Gasteiger partial charge on any atom is -0.497 e. The molecule has 0 aliphatic heterocycles. The smallest absolute Gasteiger partial charge is 0.311 e. The zero-order chi connectivity index (χ0) is 27.3. The Morgan fingerprint density at radius 3 is 2.06 bits per heavy atom. The van der Waals surface area contributed by atoms with Gasteiger partial charge in [0.15, 0.2) is 0 Å². The number of carbonyl (C=O) groups is 2. The van der Waals surface area contributed by atoms with Crippen LogP contribution in [0.25, 0.3) is 0 Å². The number of methoxy groups -OCH3 is 1. The van der Waals surface area contributed by atoms with Gasteiger partial charge in [0.2, 0.25) is 0 Å². The Balaban J connectivity index is 0.00000115. The second-order valence-corrected chi connectivity index (χ2v) is 12.3. The SMILES string of the molecule is C=C/C(=C\C=C/C)OC.CC(C)(CC=O)CCSCCSCCC(C)(C)CC(=O)Oc1ccccc1. The molecule has 0 heterocycles. The van der Waals surface area contributed by atoms with Crippen LogP contribution in [0.4, 0.5) is 0 Å². The van der Waals surface area contributed by atoms with Gasteiger partial charge in [-0.1, -0.05) is 64.6 Å². The molecule has 0 fully saturated rings. The Morgan fingerprint density at radius 1 is 0.972 bits per heavy atom. The molecule has 0 amide bonds. The highest BCUT2D eigenvalue weighted by molar-refractivity contribution is 8.02. The first-order valence-electron chi connectivity index (χ1n) is 12.4. The maximum absolute atomic E-state index is 12.1. The molecule has 0 atom stereocenters. The highest BCUT2D eigenvalue weighted by Crippen LogP contribution is 2.29. The molecule has 0 unspecified atom stereocenters. The van der Waals surface area contributed by atoms with Crippen molar-refractivity contribution in [2.45, 2.75) is 60.3 Å². The number of ether oxygens (including phenoxy) is 2. The summed E-state index contributed by atoms with van der Waals surface area (Å²) in [5, 5.41) is 0. The lowest BCUT2D eigenvalue weighted by molar-refractivity contribution is -0.136. The summed E-state index contributed by atoms with van der Waals surface area (Å²) in [6.07, 6.45) is 11.5. The van der Waals surface area contributed by atoms with Crippen LogP contribution in [0.3, 0.4) is 0 Å². The molecule has 1 aromatic carbocycles. The van der Waals surface area contributed by atoms with E-state index in [0.717, 1.165) is 47.9 Å². The Labute approximate surface area is 228 Å². The van der Waals surface area contributed by atoms with Gasteiger partial charge in [-0.25, -0.2) is 0 Å². The Hall–Kier alpha value is -1.92. The highest BCUT2D eigenvalue weighted by atomic mass is 32.2. The molecule has 4 nitrogen and oxygen atoms in total. The molecule has 1 rings (SSSR count). The van der Waals surface area contributed by atoms with Crippen LogP contribution >= 0.6 is 23.5 Å². The van der Waals surface area contributed by atoms with Crippen molar-refractivity contribution < 1.29 is 19.1 Å². The van der Waals surface area contributed by atoms with Crippen LogP contribution in [0, 0.1) is 10.8 Å². The van der Waals surface area contributed by atoms with Crippen molar-refractivity contribution in [3.63, 3.8) is 0 Å². The van der Waals surface area contributed by atoms with E-state index in [-0.39, 0.29) is 16.8 Å². The van der Waals surface area contributed by atoms with Crippen molar-refractivity contribution in [2.75, 3.05) is 30.1 Å². The van der Waals surface area contributed by atoms with Gasteiger partial charge in [-0.05, 0) is 66.4 Å². The van der Waals surface area contributed by atoms with Gasteiger partial charge in [-0.15, -0.1) is 0 Å². The van der Waals surface area contributed by atoms with Gasteiger partial charge < -0.3 is 14.3 Å². The molecule has 0 N–H and O–H groups in total. The summed E-state index contributed by atoms with van der Waals surface area (Å²) in [5.74, 6) is 5.67. The van der Waals surface area contributed by atoms with E-state index in [9.17, 15) is 9.59 Å². The molecule has 0 bridgehead atoms. The van der Waals surface area contributed by atoms with Crippen molar-refractivity contribution in [3.8, 4) is 5.75 Å². The second kappa shape index (κ2) is 20.2. The third-order valence-electron chi connectivity index (χ3n) is 5.34. The molecule has 202 valence electrons. The third-order valence-corrected chi connectivity index (χ3v) is 7.57. The predicted molar refractivity (Wildman–Crippen MR) is 159 cm³/mol. The number of esters is 1. The van der Waals surface area contributed by atoms with Gasteiger partial charge >= 0.3 is 5.97 Å². The molecular weight excluding hydrogens is 488 g/mol. The van der Waals surface area contributed by atoms with E-state index in [1.54, 1.807) is 25.3 Å². The number of aldehydes is 1. The van der Waals surface area contributed by atoms with Crippen molar-refractivity contribution in [1.82, 2.24) is 0 Å². The monoisotopic (exact) mass is 534 g/mol. The van der Waals surface area contributed by atoms with Crippen LogP contribution < -0.4 is 4.74 Å². The summed E-state index contributed by atoms with van der Waals surface area (Å²) < 4.78 is 10.3. The third kappa shape index (κ3) is 19.3. The van der Waals surface area contributed by atoms with Gasteiger partial charge in [-0.2, -0.15) is 23.5 Å². The lowest BCUT2D eigenvalue weighted by Crippen LogP contribution is -2.21. The quantitative estimate of drug-likeness (QED) is 0.0502. The summed E-state index contributed by atoms with van der Waals surface area (Å²) in [7, 11) is 1.62. The number of thioether (sulfide) groups is 2. The lowest BCUT2D eigenvalue weighted by atomic mass is 9.86. The number of rotatable bonds is 17. The average molecular weight is 535 g/mol. The number of para-hydroxylation sites is 1. The minimum absolute atomic E-state index is 0.0507. The number of carbonyl (C=O) groups excluding carboxylic acids is 2. The fourth-order valence-corrected chi connectivity index (χ4v) is 5.64. The summed E-state index contributed by atoms with van der Waals surface area (Å²) in [5.41, 5.74) is 0.0745. The summed E-state index contributed by atoms with van der Waals surface area (Å²) in [6.45, 7) is 14.1. The van der Waals surface area contributed by atoms with E-state index in [0.29, 0.717) is 18.6 Å². The first kappa shape index (κ1) is 34.1. The van der Waals surface area contributed by atoms with Gasteiger partial charge in [0.1, 0.15) is 17.8 Å². The minimum atomic E-state index is -0.162. The van der Waals surface area contributed by atoms with Crippen molar-refractivity contribution >= 4 is 35.8 Å². The average Bonchev–Trinajstić information content (AvgIpc) is 2.82. The molecular formula is C30H46O4S2. The standard InChI is InChI=1S/C22H34O3S2.C8H12O/c1-21(2,10-13-23)11-14-26-16-17-27-15-12-22(3,4)18-20(24)25-19-8-6-5-7-9-19;1-4-6-7-8(5-2)9-3/h5-9,13H,10-12,14-18H2,1-4H3;4-7H,2H2,1,3H3/b;6-4-,8-7+. The lowest BCUT2D eigenvalue weighted by Gasteiger charge is -2.23. The topological polar surface area (TPSA) is 52.6 Å². The molecule has 0 aliphatic rings. The summed E-state index contributed by atoms with van der Waals surface area (Å²) >= 11 is 3.92. The maximum atomic E-state index is 12.1. The molecule has 0 radical (unpaired) electrons. The molecule has 0 saturated heterocycles. The molecule has 0 aromatic heterocycles. The van der Waals surface area contributed by atoms with Crippen molar-refractivity contribution in [1.29, 1.82) is 0 Å². The number of allylic oxidation sites excluding steroid dienone is 4. The Bertz CT molecular complexity index is 798. The summed E-state index contributed by atoms with van der Waals surface area (Å²) in [6, 6.07) is 9.25.